The summed E-state index contributed by atoms with van der Waals surface area (Å²) in [6.07, 6.45) is -2.78. The highest BCUT2D eigenvalue weighted by Crippen LogP contribution is 2.35. The molecule has 24 heavy (non-hydrogen) atoms. The maximum absolute atomic E-state index is 10.5. The average Bonchev–Trinajstić information content (AvgIpc) is 2.79. The predicted molar refractivity (Wildman–Crippen MR) is 73.7 cm³/mol. The quantitative estimate of drug-likeness (QED) is 0.248. The number of aliphatic hydroxyl groups is 4. The van der Waals surface area contributed by atoms with E-state index in [1.165, 1.54) is 0 Å². The molecule has 1 heterocycles. The number of ether oxygens (including phenoxy) is 1. The lowest BCUT2D eigenvalue weighted by molar-refractivity contribution is -0.147. The maximum atomic E-state index is 10.5. The van der Waals surface area contributed by atoms with Crippen molar-refractivity contribution in [2.24, 2.45) is 0 Å². The Bertz CT molecular complexity index is 655. The molecule has 0 unspecified atom stereocenters. The highest BCUT2D eigenvalue weighted by molar-refractivity contribution is 5.89. The zero-order valence-corrected chi connectivity index (χ0v) is 11.8. The van der Waals surface area contributed by atoms with Crippen molar-refractivity contribution in [3.05, 3.63) is 29.2 Å². The molecular formula is C13H14O11. The fourth-order valence-electron chi connectivity index (χ4n) is 1.55. The van der Waals surface area contributed by atoms with E-state index in [0.717, 1.165) is 12.1 Å². The Hall–Kier alpha value is -3.18. The van der Waals surface area contributed by atoms with Crippen LogP contribution < -0.4 is 0 Å². The molecule has 0 amide bonds. The van der Waals surface area contributed by atoms with Crippen LogP contribution >= 0.6 is 0 Å². The number of hydrogen-bond acceptors (Lipinski definition) is 10. The van der Waals surface area contributed by atoms with Crippen molar-refractivity contribution in [1.29, 1.82) is 0 Å². The number of hydrogen-bond donors (Lipinski definition) is 8. The molecule has 1 aromatic rings. The molecule has 1 aliphatic heterocycles. The molecule has 0 aromatic heterocycles. The van der Waals surface area contributed by atoms with Crippen LogP contribution in [0.25, 0.3) is 0 Å². The van der Waals surface area contributed by atoms with Crippen LogP contribution in [0.3, 0.4) is 0 Å². The molecule has 0 fully saturated rings. The van der Waals surface area contributed by atoms with Gasteiger partial charge in [-0.05, 0) is 12.1 Å². The summed E-state index contributed by atoms with van der Waals surface area (Å²) < 4.78 is 4.32. The molecule has 0 radical (unpaired) electrons. The lowest BCUT2D eigenvalue weighted by Crippen LogP contribution is -2.31. The van der Waals surface area contributed by atoms with Gasteiger partial charge >= 0.3 is 11.9 Å². The van der Waals surface area contributed by atoms with Crippen molar-refractivity contribution in [1.82, 2.24) is 0 Å². The van der Waals surface area contributed by atoms with E-state index in [2.05, 4.69) is 4.74 Å². The molecule has 1 aromatic carbocycles. The molecule has 8 N–H and O–H groups in total. The lowest BCUT2D eigenvalue weighted by atomic mass is 10.2. The SMILES string of the molecule is O=C(O)c1cc(O)c(O)c(O)c1.O=C1O[C@H]([C@@H](O)CO)C(O)=C1O. The highest BCUT2D eigenvalue weighted by atomic mass is 16.6. The van der Waals surface area contributed by atoms with Gasteiger partial charge in [0.1, 0.15) is 6.10 Å². The van der Waals surface area contributed by atoms with Gasteiger partial charge in [0.05, 0.1) is 12.2 Å². The smallest absolute Gasteiger partial charge is 0.377 e. The molecule has 0 aliphatic carbocycles. The Morgan fingerprint density at radius 3 is 1.96 bits per heavy atom. The molecule has 2 atom stereocenters. The fraction of sp³-hybridized carbons (Fsp3) is 0.231. The molecular weight excluding hydrogens is 332 g/mol. The third-order valence-corrected chi connectivity index (χ3v) is 2.79. The lowest BCUT2D eigenvalue weighted by Gasteiger charge is -2.13. The molecule has 0 bridgehead atoms. The van der Waals surface area contributed by atoms with Gasteiger partial charge in [-0.15, -0.1) is 0 Å². The van der Waals surface area contributed by atoms with E-state index in [-0.39, 0.29) is 5.56 Å². The van der Waals surface area contributed by atoms with Crippen molar-refractivity contribution in [2.45, 2.75) is 12.2 Å². The number of aliphatic hydroxyl groups excluding tert-OH is 4. The standard InChI is InChI=1S/C7H6O5.C6H8O6/c8-4-1-3(7(11)12)2-5(9)6(4)10;7-1-2(8)5-3(9)4(10)6(11)12-5/h1-2,8-10H,(H,11,12);2,5,7-10H,1H2/t;2-,5+/m.0/s1. The third kappa shape index (κ3) is 3.97. The normalized spacial score (nSPS) is 17.8. The predicted octanol–water partition coefficient (Wildman–Crippen LogP) is -0.906. The summed E-state index contributed by atoms with van der Waals surface area (Å²) in [6.45, 7) is -0.671. The van der Waals surface area contributed by atoms with Crippen LogP contribution in [-0.4, -0.2) is 71.6 Å². The zero-order chi connectivity index (χ0) is 18.6. The Balaban J connectivity index is 0.000000240. The van der Waals surface area contributed by atoms with Crippen molar-refractivity contribution in [3.63, 3.8) is 0 Å². The first-order valence-corrected chi connectivity index (χ1v) is 6.20. The molecule has 0 saturated carbocycles. The average molecular weight is 346 g/mol. The second-order valence-electron chi connectivity index (χ2n) is 4.48. The number of esters is 1. The molecule has 0 saturated heterocycles. The van der Waals surface area contributed by atoms with Gasteiger partial charge in [-0.1, -0.05) is 0 Å². The number of aromatic hydroxyl groups is 3. The van der Waals surface area contributed by atoms with Gasteiger partial charge in [0.15, 0.2) is 29.1 Å². The first-order chi connectivity index (χ1) is 11.1. The molecule has 11 heteroatoms. The summed E-state index contributed by atoms with van der Waals surface area (Å²) in [7, 11) is 0. The van der Waals surface area contributed by atoms with Gasteiger partial charge < -0.3 is 45.6 Å². The number of phenols is 3. The van der Waals surface area contributed by atoms with Gasteiger partial charge in [-0.2, -0.15) is 0 Å². The van der Waals surface area contributed by atoms with E-state index in [1.54, 1.807) is 0 Å². The number of rotatable bonds is 3. The highest BCUT2D eigenvalue weighted by Gasteiger charge is 2.38. The van der Waals surface area contributed by atoms with Gasteiger partial charge in [0.25, 0.3) is 0 Å². The summed E-state index contributed by atoms with van der Waals surface area (Å²) in [4.78, 5) is 20.8. The molecule has 11 nitrogen and oxygen atoms in total. The summed E-state index contributed by atoms with van der Waals surface area (Å²) in [5.74, 6) is -6.11. The number of aromatic carboxylic acids is 1. The second kappa shape index (κ2) is 7.39. The van der Waals surface area contributed by atoms with E-state index in [0.29, 0.717) is 0 Å². The van der Waals surface area contributed by atoms with Crippen LogP contribution in [0.1, 0.15) is 10.4 Å². The van der Waals surface area contributed by atoms with Crippen LogP contribution in [0.5, 0.6) is 17.2 Å². The number of phenolic OH excluding ortho intramolecular Hbond substituents is 3. The molecule has 1 aliphatic rings. The number of carboxylic acids is 1. The van der Waals surface area contributed by atoms with Crippen molar-refractivity contribution < 1.29 is 55.2 Å². The Morgan fingerprint density at radius 2 is 1.62 bits per heavy atom. The largest absolute Gasteiger partial charge is 0.505 e. The van der Waals surface area contributed by atoms with Crippen LogP contribution in [0.4, 0.5) is 0 Å². The molecule has 2 rings (SSSR count). The van der Waals surface area contributed by atoms with Crippen LogP contribution in [0.15, 0.2) is 23.7 Å². The van der Waals surface area contributed by atoms with E-state index in [9.17, 15) is 9.59 Å². The minimum atomic E-state index is -1.42. The first-order valence-electron chi connectivity index (χ1n) is 6.20. The van der Waals surface area contributed by atoms with Crippen molar-refractivity contribution >= 4 is 11.9 Å². The number of carboxylic acid groups (broad SMARTS) is 1. The molecule has 0 spiro atoms. The summed E-state index contributed by atoms with van der Waals surface area (Å²) in [5, 5.41) is 70.0. The van der Waals surface area contributed by atoms with E-state index >= 15 is 0 Å². The first kappa shape index (κ1) is 18.9. The second-order valence-corrected chi connectivity index (χ2v) is 4.48. The van der Waals surface area contributed by atoms with Gasteiger partial charge in [-0.25, -0.2) is 9.59 Å². The Labute approximate surface area is 133 Å². The van der Waals surface area contributed by atoms with Crippen LogP contribution in [-0.2, 0) is 9.53 Å². The monoisotopic (exact) mass is 346 g/mol. The maximum Gasteiger partial charge on any atom is 0.377 e. The summed E-state index contributed by atoms with van der Waals surface area (Å²) >= 11 is 0. The van der Waals surface area contributed by atoms with E-state index < -0.39 is 59.5 Å². The number of benzene rings is 1. The zero-order valence-electron chi connectivity index (χ0n) is 11.8. The Kier molecular flexibility index (Phi) is 5.81. The van der Waals surface area contributed by atoms with Crippen molar-refractivity contribution in [2.75, 3.05) is 6.61 Å². The number of carbonyl (C=O) groups is 2. The van der Waals surface area contributed by atoms with E-state index in [4.69, 9.17) is 40.9 Å². The van der Waals surface area contributed by atoms with Gasteiger partial charge in [0.2, 0.25) is 5.76 Å². The Morgan fingerprint density at radius 1 is 1.12 bits per heavy atom. The van der Waals surface area contributed by atoms with Crippen LogP contribution in [0.2, 0.25) is 0 Å². The van der Waals surface area contributed by atoms with Crippen LogP contribution in [0, 0.1) is 0 Å². The topological polar surface area (TPSA) is 205 Å². The van der Waals surface area contributed by atoms with E-state index in [1.807, 2.05) is 0 Å². The third-order valence-electron chi connectivity index (χ3n) is 2.79. The minimum Gasteiger partial charge on any atom is -0.505 e. The fourth-order valence-corrected chi connectivity index (χ4v) is 1.55. The number of cyclic esters (lactones) is 1. The number of carbonyl (C=O) groups excluding carboxylic acids is 1. The van der Waals surface area contributed by atoms with Crippen molar-refractivity contribution in [3.8, 4) is 17.2 Å². The minimum absolute atomic E-state index is 0.289. The summed E-state index contributed by atoms with van der Waals surface area (Å²) in [5.41, 5.74) is -0.289. The van der Waals surface area contributed by atoms with Gasteiger partial charge in [-0.3, -0.25) is 0 Å². The van der Waals surface area contributed by atoms with Gasteiger partial charge in [0, 0.05) is 0 Å². The molecule has 132 valence electrons. The summed E-state index contributed by atoms with van der Waals surface area (Å²) in [6, 6.07) is 1.69.